The van der Waals surface area contributed by atoms with E-state index in [1.807, 2.05) is 36.1 Å². The van der Waals surface area contributed by atoms with E-state index in [1.165, 1.54) is 0 Å². The second kappa shape index (κ2) is 8.12. The monoisotopic (exact) mass is 383 g/mol. The predicted octanol–water partition coefficient (Wildman–Crippen LogP) is 4.92. The van der Waals surface area contributed by atoms with Crippen LogP contribution in [0.5, 0.6) is 5.75 Å². The molecule has 28 heavy (non-hydrogen) atoms. The largest absolute Gasteiger partial charge is 0.488 e. The van der Waals surface area contributed by atoms with E-state index in [9.17, 15) is 4.79 Å². The molecule has 152 valence electrons. The third-order valence-electron chi connectivity index (χ3n) is 5.81. The first kappa shape index (κ1) is 20.7. The first-order valence-electron chi connectivity index (χ1n) is 10.3. The van der Waals surface area contributed by atoms with Crippen molar-refractivity contribution < 1.29 is 14.3 Å². The molecule has 0 unspecified atom stereocenters. The standard InChI is InChI=1S/C24H33NO3/c1-7-18(8-2)11-28-22-20(16(3)4)9-19(10-21(22)17(5)6)23(26)25-12-24(13-25)14-27-15-24/h7-10,16-17H,1,11-15H2,2-6H3/b18-8+. The van der Waals surface area contributed by atoms with Gasteiger partial charge in [-0.3, -0.25) is 4.79 Å². The average Bonchev–Trinajstić information content (AvgIpc) is 2.59. The van der Waals surface area contributed by atoms with Crippen molar-refractivity contribution in [2.75, 3.05) is 32.9 Å². The van der Waals surface area contributed by atoms with Crippen molar-refractivity contribution in [1.82, 2.24) is 4.90 Å². The zero-order chi connectivity index (χ0) is 20.5. The second-order valence-corrected chi connectivity index (χ2v) is 8.80. The molecule has 1 spiro atoms. The Morgan fingerprint density at radius 2 is 1.79 bits per heavy atom. The van der Waals surface area contributed by atoms with Crippen LogP contribution in [0, 0.1) is 5.41 Å². The number of hydrogen-bond donors (Lipinski definition) is 0. The molecule has 2 saturated heterocycles. The van der Waals surface area contributed by atoms with Crippen LogP contribution in [0.2, 0.25) is 0 Å². The number of benzene rings is 1. The SMILES string of the molecule is C=C/C(=C\C)COc1c(C(C)C)cc(C(=O)N2CC3(COC3)C2)cc1C(C)C. The van der Waals surface area contributed by atoms with Gasteiger partial charge in [-0.2, -0.15) is 0 Å². The fourth-order valence-corrected chi connectivity index (χ4v) is 3.90. The van der Waals surface area contributed by atoms with Crippen LogP contribution in [0.15, 0.2) is 36.4 Å². The first-order valence-corrected chi connectivity index (χ1v) is 10.3. The highest BCUT2D eigenvalue weighted by molar-refractivity contribution is 5.95. The minimum atomic E-state index is 0.119. The van der Waals surface area contributed by atoms with Crippen LogP contribution >= 0.6 is 0 Å². The molecule has 4 nitrogen and oxygen atoms in total. The molecule has 1 aromatic carbocycles. The third-order valence-corrected chi connectivity index (χ3v) is 5.81. The summed E-state index contributed by atoms with van der Waals surface area (Å²) in [6, 6.07) is 4.06. The summed E-state index contributed by atoms with van der Waals surface area (Å²) in [5.74, 6) is 1.56. The van der Waals surface area contributed by atoms with E-state index in [0.29, 0.717) is 6.61 Å². The lowest BCUT2D eigenvalue weighted by Crippen LogP contribution is -2.67. The number of nitrogens with zero attached hydrogens (tertiary/aromatic N) is 1. The Bertz CT molecular complexity index is 750. The van der Waals surface area contributed by atoms with E-state index in [4.69, 9.17) is 9.47 Å². The van der Waals surface area contributed by atoms with Crippen molar-refractivity contribution in [3.8, 4) is 5.75 Å². The summed E-state index contributed by atoms with van der Waals surface area (Å²) < 4.78 is 11.6. The molecule has 1 aromatic rings. The summed E-state index contributed by atoms with van der Waals surface area (Å²) in [4.78, 5) is 15.0. The molecule has 2 aliphatic heterocycles. The number of carbonyl (C=O) groups is 1. The number of likely N-dealkylation sites (tertiary alicyclic amines) is 1. The number of carbonyl (C=O) groups excluding carboxylic acids is 1. The second-order valence-electron chi connectivity index (χ2n) is 8.80. The number of allylic oxidation sites excluding steroid dienone is 1. The lowest BCUT2D eigenvalue weighted by atomic mass is 9.77. The number of ether oxygens (including phenoxy) is 2. The third kappa shape index (κ3) is 3.88. The number of hydrogen-bond acceptors (Lipinski definition) is 3. The van der Waals surface area contributed by atoms with Crippen LogP contribution in [-0.2, 0) is 4.74 Å². The van der Waals surface area contributed by atoms with Gasteiger partial charge in [-0.15, -0.1) is 0 Å². The number of rotatable bonds is 7. The highest BCUT2D eigenvalue weighted by Crippen LogP contribution is 2.40. The molecular formula is C24H33NO3. The normalized spacial score (nSPS) is 18.2. The number of amides is 1. The molecule has 0 aliphatic carbocycles. The van der Waals surface area contributed by atoms with Crippen molar-refractivity contribution in [2.45, 2.75) is 46.5 Å². The topological polar surface area (TPSA) is 38.8 Å². The Kier molecular flexibility index (Phi) is 5.99. The minimum absolute atomic E-state index is 0.119. The first-order chi connectivity index (χ1) is 13.3. The van der Waals surface area contributed by atoms with Crippen LogP contribution in [0.1, 0.15) is 67.9 Å². The maximum Gasteiger partial charge on any atom is 0.253 e. The van der Waals surface area contributed by atoms with Crippen molar-refractivity contribution >= 4 is 5.91 Å². The maximum atomic E-state index is 13.1. The van der Waals surface area contributed by atoms with Gasteiger partial charge in [0.15, 0.2) is 0 Å². The Balaban J connectivity index is 1.90. The Morgan fingerprint density at radius 1 is 1.21 bits per heavy atom. The zero-order valence-corrected chi connectivity index (χ0v) is 17.9. The molecular weight excluding hydrogens is 350 g/mol. The van der Waals surface area contributed by atoms with Gasteiger partial charge in [-0.1, -0.05) is 46.4 Å². The molecule has 2 fully saturated rings. The van der Waals surface area contributed by atoms with E-state index in [-0.39, 0.29) is 23.2 Å². The summed E-state index contributed by atoms with van der Waals surface area (Å²) in [7, 11) is 0. The van der Waals surface area contributed by atoms with Gasteiger partial charge in [0, 0.05) is 18.7 Å². The highest BCUT2D eigenvalue weighted by Gasteiger charge is 2.50. The molecule has 0 saturated carbocycles. The van der Waals surface area contributed by atoms with Gasteiger partial charge in [0.25, 0.3) is 5.91 Å². The van der Waals surface area contributed by atoms with Gasteiger partial charge in [0.05, 0.1) is 18.6 Å². The molecule has 4 heteroatoms. The molecule has 0 N–H and O–H groups in total. The average molecular weight is 384 g/mol. The van der Waals surface area contributed by atoms with Crippen LogP contribution in [0.25, 0.3) is 0 Å². The quantitative estimate of drug-likeness (QED) is 0.628. The van der Waals surface area contributed by atoms with Gasteiger partial charge in [-0.05, 0) is 47.6 Å². The lowest BCUT2D eigenvalue weighted by Gasteiger charge is -2.55. The van der Waals surface area contributed by atoms with E-state index in [1.54, 1.807) is 0 Å². The molecule has 0 bridgehead atoms. The fourth-order valence-electron chi connectivity index (χ4n) is 3.90. The van der Waals surface area contributed by atoms with Gasteiger partial charge in [0.2, 0.25) is 0 Å². The molecule has 0 atom stereocenters. The summed E-state index contributed by atoms with van der Waals surface area (Å²) in [6.45, 7) is 18.1. The van der Waals surface area contributed by atoms with Gasteiger partial charge < -0.3 is 14.4 Å². The fraction of sp³-hybridized carbons (Fsp3) is 0.542. The summed E-state index contributed by atoms with van der Waals surface area (Å²) in [5.41, 5.74) is 4.24. The Hall–Kier alpha value is -2.07. The molecule has 3 rings (SSSR count). The van der Waals surface area contributed by atoms with E-state index in [0.717, 1.165) is 54.3 Å². The van der Waals surface area contributed by atoms with Crippen LogP contribution < -0.4 is 4.74 Å². The van der Waals surface area contributed by atoms with Gasteiger partial charge in [0.1, 0.15) is 12.4 Å². The Labute approximate surface area is 169 Å². The van der Waals surface area contributed by atoms with Crippen molar-refractivity contribution in [3.05, 3.63) is 53.1 Å². The highest BCUT2D eigenvalue weighted by atomic mass is 16.5. The van der Waals surface area contributed by atoms with E-state index in [2.05, 4.69) is 34.3 Å². The summed E-state index contributed by atoms with van der Waals surface area (Å²) in [5, 5.41) is 0. The lowest BCUT2D eigenvalue weighted by molar-refractivity contribution is -0.176. The molecule has 1 amide bonds. The van der Waals surface area contributed by atoms with Crippen molar-refractivity contribution in [2.24, 2.45) is 5.41 Å². The minimum Gasteiger partial charge on any atom is -0.488 e. The van der Waals surface area contributed by atoms with Crippen molar-refractivity contribution in [1.29, 1.82) is 0 Å². The molecule has 0 aromatic heterocycles. The zero-order valence-electron chi connectivity index (χ0n) is 17.9. The maximum absolute atomic E-state index is 13.1. The van der Waals surface area contributed by atoms with Gasteiger partial charge >= 0.3 is 0 Å². The van der Waals surface area contributed by atoms with Gasteiger partial charge in [-0.25, -0.2) is 0 Å². The molecule has 2 heterocycles. The van der Waals surface area contributed by atoms with Crippen LogP contribution in [0.4, 0.5) is 0 Å². The summed E-state index contributed by atoms with van der Waals surface area (Å²) >= 11 is 0. The summed E-state index contributed by atoms with van der Waals surface area (Å²) in [6.07, 6.45) is 3.84. The predicted molar refractivity (Wildman–Crippen MR) is 113 cm³/mol. The smallest absolute Gasteiger partial charge is 0.253 e. The Morgan fingerprint density at radius 3 is 2.18 bits per heavy atom. The molecule has 0 radical (unpaired) electrons. The molecule has 2 aliphatic rings. The van der Waals surface area contributed by atoms with Crippen LogP contribution in [-0.4, -0.2) is 43.7 Å². The van der Waals surface area contributed by atoms with E-state index >= 15 is 0 Å². The van der Waals surface area contributed by atoms with Crippen LogP contribution in [0.3, 0.4) is 0 Å². The van der Waals surface area contributed by atoms with Crippen molar-refractivity contribution in [3.63, 3.8) is 0 Å². The van der Waals surface area contributed by atoms with E-state index < -0.39 is 0 Å².